The Labute approximate surface area is 196 Å². The Morgan fingerprint density at radius 2 is 1.85 bits per heavy atom. The van der Waals surface area contributed by atoms with Crippen LogP contribution < -0.4 is 20.8 Å². The van der Waals surface area contributed by atoms with E-state index >= 15 is 4.39 Å². The summed E-state index contributed by atoms with van der Waals surface area (Å²) < 4.78 is 16.6. The van der Waals surface area contributed by atoms with Gasteiger partial charge in [0.15, 0.2) is 10.5 Å². The topological polar surface area (TPSA) is 80.6 Å². The average Bonchev–Trinajstić information content (AvgIpc) is 2.83. The highest BCUT2D eigenvalue weighted by Gasteiger charge is 2.23. The van der Waals surface area contributed by atoms with Crippen LogP contribution in [0.1, 0.15) is 22.8 Å². The van der Waals surface area contributed by atoms with Gasteiger partial charge in [0.2, 0.25) is 0 Å². The number of benzene rings is 2. The number of fused-ring (bicyclic) bond motifs is 1. The number of aromatic carboxylic acids is 1. The van der Waals surface area contributed by atoms with Crippen LogP contribution in [0.2, 0.25) is 0 Å². The molecule has 4 rings (SSSR count). The van der Waals surface area contributed by atoms with E-state index in [1.165, 1.54) is 6.20 Å². The quantitative estimate of drug-likeness (QED) is 0.573. The maximum absolute atomic E-state index is 15.0. The highest BCUT2D eigenvalue weighted by Crippen LogP contribution is 2.26. The van der Waals surface area contributed by atoms with E-state index in [0.29, 0.717) is 55.6 Å². The Bertz CT molecular complexity index is 1250. The number of anilines is 1. The number of nitrogens with one attached hydrogen (secondary N) is 1. The fourth-order valence-electron chi connectivity index (χ4n) is 4.08. The van der Waals surface area contributed by atoms with Gasteiger partial charge < -0.3 is 29.6 Å². The van der Waals surface area contributed by atoms with E-state index < -0.39 is 22.8 Å². The first-order valence-electron chi connectivity index (χ1n) is 10.8. The lowest BCUT2D eigenvalue weighted by Crippen LogP contribution is -2.51. The van der Waals surface area contributed by atoms with Gasteiger partial charge in [-0.25, -0.2) is 4.39 Å². The Kier molecular flexibility index (Phi) is 6.60. The van der Waals surface area contributed by atoms with Crippen LogP contribution in [-0.4, -0.2) is 46.7 Å². The zero-order valence-electron chi connectivity index (χ0n) is 18.2. The van der Waals surface area contributed by atoms with Crippen LogP contribution in [0.3, 0.4) is 0 Å². The van der Waals surface area contributed by atoms with Crippen LogP contribution in [0, 0.1) is 5.82 Å². The molecule has 2 aromatic carbocycles. The van der Waals surface area contributed by atoms with Gasteiger partial charge in [0.1, 0.15) is 5.82 Å². The first kappa shape index (κ1) is 22.7. The van der Waals surface area contributed by atoms with E-state index in [-0.39, 0.29) is 5.39 Å². The van der Waals surface area contributed by atoms with Crippen molar-refractivity contribution < 1.29 is 14.3 Å². The van der Waals surface area contributed by atoms with Crippen molar-refractivity contribution in [1.29, 1.82) is 0 Å². The molecule has 172 valence electrons. The number of aromatic nitrogens is 1. The number of carboxylic acid groups (broad SMARTS) is 1. The molecule has 0 atom stereocenters. The minimum absolute atomic E-state index is 0.0322. The van der Waals surface area contributed by atoms with Gasteiger partial charge in [0.25, 0.3) is 0 Å². The SMILES string of the molecule is CCn1cc(C(=O)[O-])c(=O)c2cc(F)c(N3CCN(C(=S)NCc4ccccc4)CC3)cc21. The lowest BCUT2D eigenvalue weighted by Gasteiger charge is -2.37. The van der Waals surface area contributed by atoms with Crippen molar-refractivity contribution in [3.05, 3.63) is 75.8 Å². The molecule has 0 radical (unpaired) electrons. The second kappa shape index (κ2) is 9.58. The molecule has 0 unspecified atom stereocenters. The Morgan fingerprint density at radius 3 is 2.48 bits per heavy atom. The van der Waals surface area contributed by atoms with Crippen LogP contribution in [0.25, 0.3) is 10.9 Å². The average molecular weight is 468 g/mol. The zero-order valence-corrected chi connectivity index (χ0v) is 19.0. The summed E-state index contributed by atoms with van der Waals surface area (Å²) in [6.45, 7) is 5.27. The Hall–Kier alpha value is -3.46. The maximum atomic E-state index is 15.0. The van der Waals surface area contributed by atoms with Crippen LogP contribution in [0.15, 0.2) is 53.5 Å². The predicted molar refractivity (Wildman–Crippen MR) is 128 cm³/mol. The number of pyridine rings is 1. The monoisotopic (exact) mass is 467 g/mol. The Balaban J connectivity index is 1.50. The number of carbonyl (C=O) groups excluding carboxylic acids is 1. The first-order valence-corrected chi connectivity index (χ1v) is 11.2. The summed E-state index contributed by atoms with van der Waals surface area (Å²) in [5.41, 5.74) is 0.807. The van der Waals surface area contributed by atoms with E-state index in [4.69, 9.17) is 12.2 Å². The summed E-state index contributed by atoms with van der Waals surface area (Å²) in [6, 6.07) is 12.7. The molecule has 1 N–H and O–H groups in total. The molecule has 1 fully saturated rings. The third-order valence-electron chi connectivity index (χ3n) is 5.90. The van der Waals surface area contributed by atoms with Crippen molar-refractivity contribution >= 4 is 39.9 Å². The standard InChI is InChI=1S/C24H25FN4O3S/c1-2-27-15-18(23(31)32)22(30)17-12-19(25)21(13-20(17)27)28-8-10-29(11-9-28)24(33)26-14-16-6-4-3-5-7-16/h3-7,12-13,15H,2,8-11,14H2,1H3,(H,26,33)(H,31,32)/p-1. The van der Waals surface area contributed by atoms with Gasteiger partial charge in [-0.15, -0.1) is 0 Å². The molecule has 1 aliphatic heterocycles. The third kappa shape index (κ3) is 4.68. The number of nitrogens with zero attached hydrogens (tertiary/aromatic N) is 3. The summed E-state index contributed by atoms with van der Waals surface area (Å²) in [6.07, 6.45) is 1.26. The van der Waals surface area contributed by atoms with Crippen molar-refractivity contribution in [1.82, 2.24) is 14.8 Å². The number of hydrogen-bond acceptors (Lipinski definition) is 5. The molecule has 9 heteroatoms. The smallest absolute Gasteiger partial charge is 0.198 e. The highest BCUT2D eigenvalue weighted by atomic mass is 32.1. The van der Waals surface area contributed by atoms with Crippen molar-refractivity contribution in [2.45, 2.75) is 20.0 Å². The number of carboxylic acids is 1. The third-order valence-corrected chi connectivity index (χ3v) is 6.31. The summed E-state index contributed by atoms with van der Waals surface area (Å²) in [5, 5.41) is 15.3. The van der Waals surface area contributed by atoms with Crippen molar-refractivity contribution in [3.8, 4) is 0 Å². The van der Waals surface area contributed by atoms with E-state index in [9.17, 15) is 14.7 Å². The van der Waals surface area contributed by atoms with Crippen molar-refractivity contribution in [3.63, 3.8) is 0 Å². The second-order valence-corrected chi connectivity index (χ2v) is 8.27. The largest absolute Gasteiger partial charge is 0.545 e. The first-order chi connectivity index (χ1) is 15.9. The number of rotatable bonds is 5. The molecule has 7 nitrogen and oxygen atoms in total. The summed E-state index contributed by atoms with van der Waals surface area (Å²) in [7, 11) is 0. The zero-order chi connectivity index (χ0) is 23.5. The predicted octanol–water partition coefficient (Wildman–Crippen LogP) is 1.72. The van der Waals surface area contributed by atoms with E-state index in [1.807, 2.05) is 42.2 Å². The van der Waals surface area contributed by atoms with Gasteiger partial charge in [-0.3, -0.25) is 4.79 Å². The van der Waals surface area contributed by atoms with Gasteiger partial charge in [-0.05, 0) is 36.8 Å². The molecule has 1 aliphatic rings. The number of aryl methyl sites for hydroxylation is 1. The van der Waals surface area contributed by atoms with Crippen LogP contribution in [-0.2, 0) is 13.1 Å². The summed E-state index contributed by atoms with van der Waals surface area (Å²) >= 11 is 5.53. The lowest BCUT2D eigenvalue weighted by molar-refractivity contribution is -0.255. The highest BCUT2D eigenvalue weighted by molar-refractivity contribution is 7.80. The molecule has 1 saturated heterocycles. The van der Waals surface area contributed by atoms with E-state index in [1.54, 1.807) is 10.6 Å². The molecular formula is C24H24FN4O3S-. The number of carbonyl (C=O) groups is 1. The maximum Gasteiger partial charge on any atom is 0.198 e. The van der Waals surface area contributed by atoms with Crippen LogP contribution in [0.4, 0.5) is 10.1 Å². The van der Waals surface area contributed by atoms with Gasteiger partial charge >= 0.3 is 0 Å². The number of halogens is 1. The molecule has 0 aliphatic carbocycles. The van der Waals surface area contributed by atoms with Gasteiger partial charge in [-0.1, -0.05) is 30.3 Å². The van der Waals surface area contributed by atoms with Gasteiger partial charge in [0.05, 0.1) is 22.7 Å². The molecule has 2 heterocycles. The molecule has 0 spiro atoms. The second-order valence-electron chi connectivity index (χ2n) is 7.88. The minimum Gasteiger partial charge on any atom is -0.545 e. The fourth-order valence-corrected chi connectivity index (χ4v) is 4.34. The van der Waals surface area contributed by atoms with Gasteiger partial charge in [-0.2, -0.15) is 0 Å². The lowest BCUT2D eigenvalue weighted by atomic mass is 10.1. The van der Waals surface area contributed by atoms with Crippen LogP contribution in [0.5, 0.6) is 0 Å². The van der Waals surface area contributed by atoms with Crippen LogP contribution >= 0.6 is 12.2 Å². The minimum atomic E-state index is -1.57. The fraction of sp³-hybridized carbons (Fsp3) is 0.292. The number of piperazine rings is 1. The number of hydrogen-bond donors (Lipinski definition) is 1. The van der Waals surface area contributed by atoms with Gasteiger partial charge in [0, 0.05) is 50.9 Å². The molecule has 0 saturated carbocycles. The molecule has 0 bridgehead atoms. The number of thiocarbonyl (C=S) groups is 1. The molecule has 1 aromatic heterocycles. The molecule has 3 aromatic rings. The normalized spacial score (nSPS) is 13.9. The molecule has 0 amide bonds. The molecular weight excluding hydrogens is 443 g/mol. The van der Waals surface area contributed by atoms with Crippen molar-refractivity contribution in [2.75, 3.05) is 31.1 Å². The van der Waals surface area contributed by atoms with E-state index in [0.717, 1.165) is 11.6 Å². The van der Waals surface area contributed by atoms with E-state index in [2.05, 4.69) is 10.2 Å². The van der Waals surface area contributed by atoms with Crippen molar-refractivity contribution in [2.24, 2.45) is 0 Å². The Morgan fingerprint density at radius 1 is 1.15 bits per heavy atom. The summed E-state index contributed by atoms with van der Waals surface area (Å²) in [4.78, 5) is 27.8. The summed E-state index contributed by atoms with van der Waals surface area (Å²) in [5.74, 6) is -2.13. The molecule has 33 heavy (non-hydrogen) atoms.